The molecule has 0 aliphatic heterocycles. The van der Waals surface area contributed by atoms with E-state index in [1.165, 1.54) is 6.33 Å². The fourth-order valence-corrected chi connectivity index (χ4v) is 2.23. The van der Waals surface area contributed by atoms with Gasteiger partial charge in [0.05, 0.1) is 0 Å². The van der Waals surface area contributed by atoms with Crippen molar-refractivity contribution in [3.05, 3.63) is 55.2 Å². The third kappa shape index (κ3) is 2.42. The molecule has 3 heterocycles. The van der Waals surface area contributed by atoms with E-state index in [1.807, 2.05) is 34.9 Å². The Bertz CT molecular complexity index is 949. The van der Waals surface area contributed by atoms with Crippen molar-refractivity contribution in [2.45, 2.75) is 0 Å². The van der Waals surface area contributed by atoms with Crippen LogP contribution in [0.3, 0.4) is 0 Å². The molecule has 0 atom stereocenters. The van der Waals surface area contributed by atoms with Gasteiger partial charge in [-0.15, -0.1) is 0 Å². The van der Waals surface area contributed by atoms with Gasteiger partial charge in [0, 0.05) is 11.9 Å². The van der Waals surface area contributed by atoms with Gasteiger partial charge in [-0.1, -0.05) is 18.2 Å². The minimum absolute atomic E-state index is 0.307. The van der Waals surface area contributed by atoms with Gasteiger partial charge in [0.1, 0.15) is 18.5 Å². The standard InChI is InChI=1S/C15H12N8/c16-13-12-14(23(9-19-12)10-4-2-1-3-5-10)22-15(21-13)20-11-6-7-17-8-18-11/h1-9H,(H3,16,17,18,20,21,22). The van der Waals surface area contributed by atoms with Crippen molar-refractivity contribution in [3.8, 4) is 5.69 Å². The highest BCUT2D eigenvalue weighted by Crippen LogP contribution is 2.22. The molecule has 23 heavy (non-hydrogen) atoms. The number of nitrogens with two attached hydrogens (primary N) is 1. The summed E-state index contributed by atoms with van der Waals surface area (Å²) in [6.45, 7) is 0. The van der Waals surface area contributed by atoms with Crippen molar-refractivity contribution in [2.75, 3.05) is 11.1 Å². The van der Waals surface area contributed by atoms with Gasteiger partial charge in [-0.05, 0) is 18.2 Å². The normalized spacial score (nSPS) is 10.8. The number of hydrogen-bond donors (Lipinski definition) is 2. The van der Waals surface area contributed by atoms with Gasteiger partial charge in [-0.25, -0.2) is 15.0 Å². The van der Waals surface area contributed by atoms with Crippen LogP contribution in [0.25, 0.3) is 16.9 Å². The molecule has 0 aliphatic rings. The number of nitrogen functional groups attached to an aromatic ring is 1. The summed E-state index contributed by atoms with van der Waals surface area (Å²) < 4.78 is 1.86. The third-order valence-electron chi connectivity index (χ3n) is 3.28. The van der Waals surface area contributed by atoms with Gasteiger partial charge < -0.3 is 11.1 Å². The predicted molar refractivity (Wildman–Crippen MR) is 86.4 cm³/mol. The fourth-order valence-electron chi connectivity index (χ4n) is 2.23. The van der Waals surface area contributed by atoms with Gasteiger partial charge >= 0.3 is 0 Å². The Balaban J connectivity index is 1.82. The molecule has 4 aromatic rings. The van der Waals surface area contributed by atoms with Gasteiger partial charge in [0.15, 0.2) is 17.0 Å². The van der Waals surface area contributed by atoms with E-state index in [9.17, 15) is 0 Å². The maximum Gasteiger partial charge on any atom is 0.232 e. The Morgan fingerprint density at radius 3 is 2.65 bits per heavy atom. The lowest BCUT2D eigenvalue weighted by Gasteiger charge is -2.07. The molecular weight excluding hydrogens is 292 g/mol. The predicted octanol–water partition coefficient (Wildman–Crippen LogP) is 1.93. The molecule has 1 aromatic carbocycles. The first-order valence-corrected chi connectivity index (χ1v) is 6.90. The number of hydrogen-bond acceptors (Lipinski definition) is 7. The fraction of sp³-hybridized carbons (Fsp3) is 0. The highest BCUT2D eigenvalue weighted by molar-refractivity contribution is 5.84. The number of para-hydroxylation sites is 1. The molecule has 0 amide bonds. The number of nitrogens with zero attached hydrogens (tertiary/aromatic N) is 6. The highest BCUT2D eigenvalue weighted by Gasteiger charge is 2.12. The quantitative estimate of drug-likeness (QED) is 0.595. The largest absolute Gasteiger partial charge is 0.382 e. The average Bonchev–Trinajstić information content (AvgIpc) is 3.01. The number of nitrogens with one attached hydrogen (secondary N) is 1. The number of anilines is 3. The maximum atomic E-state index is 6.00. The number of imidazole rings is 1. The number of fused-ring (bicyclic) bond motifs is 1. The molecule has 0 radical (unpaired) electrons. The highest BCUT2D eigenvalue weighted by atomic mass is 15.2. The van der Waals surface area contributed by atoms with E-state index in [4.69, 9.17) is 5.73 Å². The van der Waals surface area contributed by atoms with Gasteiger partial charge in [0.25, 0.3) is 0 Å². The van der Waals surface area contributed by atoms with Crippen LogP contribution in [0, 0.1) is 0 Å². The first kappa shape index (κ1) is 13.1. The first-order valence-electron chi connectivity index (χ1n) is 6.90. The molecule has 0 saturated heterocycles. The van der Waals surface area contributed by atoms with Crippen molar-refractivity contribution in [1.29, 1.82) is 0 Å². The maximum absolute atomic E-state index is 6.00. The Labute approximate surface area is 131 Å². The lowest BCUT2D eigenvalue weighted by molar-refractivity contribution is 1.06. The van der Waals surface area contributed by atoms with Crippen LogP contribution in [0.4, 0.5) is 17.6 Å². The summed E-state index contributed by atoms with van der Waals surface area (Å²) in [5.41, 5.74) is 8.13. The first-order chi connectivity index (χ1) is 11.3. The van der Waals surface area contributed by atoms with Crippen LogP contribution in [-0.2, 0) is 0 Å². The summed E-state index contributed by atoms with van der Waals surface area (Å²) in [6.07, 6.45) is 4.75. The Morgan fingerprint density at radius 1 is 1.00 bits per heavy atom. The monoisotopic (exact) mass is 304 g/mol. The van der Waals surface area contributed by atoms with Crippen LogP contribution in [0.2, 0.25) is 0 Å². The lowest BCUT2D eigenvalue weighted by Crippen LogP contribution is -2.04. The third-order valence-corrected chi connectivity index (χ3v) is 3.28. The van der Waals surface area contributed by atoms with Gasteiger partial charge in [-0.3, -0.25) is 4.57 Å². The van der Waals surface area contributed by atoms with E-state index in [-0.39, 0.29) is 0 Å². The Hall–Kier alpha value is -3.55. The zero-order valence-electron chi connectivity index (χ0n) is 12.0. The molecule has 8 nitrogen and oxygen atoms in total. The zero-order valence-corrected chi connectivity index (χ0v) is 12.0. The van der Waals surface area contributed by atoms with Crippen LogP contribution >= 0.6 is 0 Å². The molecular formula is C15H12N8. The van der Waals surface area contributed by atoms with E-state index < -0.39 is 0 Å². The van der Waals surface area contributed by atoms with Crippen LogP contribution in [-0.4, -0.2) is 29.5 Å². The zero-order chi connectivity index (χ0) is 15.6. The average molecular weight is 304 g/mol. The second-order valence-corrected chi connectivity index (χ2v) is 4.77. The van der Waals surface area contributed by atoms with Gasteiger partial charge in [0.2, 0.25) is 5.95 Å². The molecule has 0 bridgehead atoms. The summed E-state index contributed by atoms with van der Waals surface area (Å²) in [4.78, 5) is 21.0. The lowest BCUT2D eigenvalue weighted by atomic mass is 10.3. The smallest absolute Gasteiger partial charge is 0.232 e. The molecule has 0 aliphatic carbocycles. The molecule has 3 N–H and O–H groups in total. The minimum atomic E-state index is 0.307. The number of benzene rings is 1. The van der Waals surface area contributed by atoms with Crippen molar-refractivity contribution < 1.29 is 0 Å². The summed E-state index contributed by atoms with van der Waals surface area (Å²) in [5, 5.41) is 3.01. The Kier molecular flexibility index (Phi) is 3.05. The molecule has 4 rings (SSSR count). The Morgan fingerprint density at radius 2 is 1.87 bits per heavy atom. The van der Waals surface area contributed by atoms with Crippen LogP contribution in [0.15, 0.2) is 55.2 Å². The summed E-state index contributed by atoms with van der Waals surface area (Å²) in [7, 11) is 0. The number of aromatic nitrogens is 6. The molecule has 0 saturated carbocycles. The van der Waals surface area contributed by atoms with Crippen LogP contribution in [0.1, 0.15) is 0 Å². The van der Waals surface area contributed by atoms with E-state index in [1.54, 1.807) is 18.6 Å². The minimum Gasteiger partial charge on any atom is -0.382 e. The van der Waals surface area contributed by atoms with E-state index in [0.29, 0.717) is 28.7 Å². The number of rotatable bonds is 3. The molecule has 0 spiro atoms. The van der Waals surface area contributed by atoms with Crippen molar-refractivity contribution >= 4 is 28.7 Å². The van der Waals surface area contributed by atoms with Crippen molar-refractivity contribution in [1.82, 2.24) is 29.5 Å². The van der Waals surface area contributed by atoms with Gasteiger partial charge in [-0.2, -0.15) is 9.97 Å². The van der Waals surface area contributed by atoms with Crippen molar-refractivity contribution in [2.24, 2.45) is 0 Å². The van der Waals surface area contributed by atoms with E-state index >= 15 is 0 Å². The summed E-state index contributed by atoms with van der Waals surface area (Å²) in [5.74, 6) is 1.25. The van der Waals surface area contributed by atoms with E-state index in [0.717, 1.165) is 5.69 Å². The molecule has 8 heteroatoms. The molecule has 0 fully saturated rings. The molecule has 3 aromatic heterocycles. The van der Waals surface area contributed by atoms with Crippen LogP contribution in [0.5, 0.6) is 0 Å². The molecule has 0 unspecified atom stereocenters. The summed E-state index contributed by atoms with van der Waals surface area (Å²) >= 11 is 0. The second kappa shape index (κ2) is 5.34. The molecule has 112 valence electrons. The van der Waals surface area contributed by atoms with Crippen molar-refractivity contribution in [3.63, 3.8) is 0 Å². The van der Waals surface area contributed by atoms with E-state index in [2.05, 4.69) is 30.2 Å². The topological polar surface area (TPSA) is 107 Å². The second-order valence-electron chi connectivity index (χ2n) is 4.77. The summed E-state index contributed by atoms with van der Waals surface area (Å²) in [6, 6.07) is 11.5. The van der Waals surface area contributed by atoms with Crippen LogP contribution < -0.4 is 11.1 Å². The SMILES string of the molecule is Nc1nc(Nc2ccncn2)nc2c1ncn2-c1ccccc1.